The molecule has 1 unspecified atom stereocenters. The summed E-state index contributed by atoms with van der Waals surface area (Å²) in [5, 5.41) is 3.62. The molecule has 2 nitrogen and oxygen atoms in total. The molecule has 0 aliphatic heterocycles. The Hall–Kier alpha value is -0.0800. The van der Waals surface area contributed by atoms with Gasteiger partial charge < -0.3 is 5.32 Å². The van der Waals surface area contributed by atoms with Crippen LogP contribution in [0.1, 0.15) is 60.3 Å². The molecule has 2 heteroatoms. The second-order valence-corrected chi connectivity index (χ2v) is 6.90. The summed E-state index contributed by atoms with van der Waals surface area (Å²) in [7, 11) is 0. The van der Waals surface area contributed by atoms with Crippen LogP contribution in [0.2, 0.25) is 0 Å². The Labute approximate surface area is 115 Å². The molecule has 1 N–H and O–H groups in total. The Bertz CT molecular complexity index is 223. The molecule has 0 radical (unpaired) electrons. The monoisotopic (exact) mass is 254 g/mol. The molecule has 1 saturated carbocycles. The van der Waals surface area contributed by atoms with Crippen LogP contribution in [0.15, 0.2) is 0 Å². The largest absolute Gasteiger partial charge is 0.316 e. The Morgan fingerprint density at radius 2 is 1.94 bits per heavy atom. The molecule has 0 heterocycles. The van der Waals surface area contributed by atoms with Crippen LogP contribution in [0.4, 0.5) is 0 Å². The van der Waals surface area contributed by atoms with Crippen molar-refractivity contribution in [3.63, 3.8) is 0 Å². The molecule has 1 rings (SSSR count). The molecule has 0 amide bonds. The SMILES string of the molecule is CCCNCC(C)(CC)CN(CC(C)C)C1CC1. The van der Waals surface area contributed by atoms with Crippen LogP contribution in [0, 0.1) is 11.3 Å². The molecule has 0 spiro atoms. The van der Waals surface area contributed by atoms with E-state index >= 15 is 0 Å². The minimum Gasteiger partial charge on any atom is -0.316 e. The van der Waals surface area contributed by atoms with Gasteiger partial charge in [0.2, 0.25) is 0 Å². The van der Waals surface area contributed by atoms with Gasteiger partial charge in [-0.25, -0.2) is 0 Å². The molecule has 18 heavy (non-hydrogen) atoms. The molecule has 1 aliphatic rings. The Morgan fingerprint density at radius 1 is 1.28 bits per heavy atom. The predicted octanol–water partition coefficient (Wildman–Crippen LogP) is 3.52. The van der Waals surface area contributed by atoms with Gasteiger partial charge in [-0.15, -0.1) is 0 Å². The van der Waals surface area contributed by atoms with Crippen molar-refractivity contribution in [2.24, 2.45) is 11.3 Å². The zero-order valence-electron chi connectivity index (χ0n) is 13.3. The van der Waals surface area contributed by atoms with Crippen molar-refractivity contribution in [3.05, 3.63) is 0 Å². The first kappa shape index (κ1) is 16.0. The number of nitrogens with one attached hydrogen (secondary N) is 1. The highest BCUT2D eigenvalue weighted by Crippen LogP contribution is 2.32. The van der Waals surface area contributed by atoms with Crippen LogP contribution in [-0.4, -0.2) is 37.1 Å². The van der Waals surface area contributed by atoms with Gasteiger partial charge in [0.1, 0.15) is 0 Å². The lowest BCUT2D eigenvalue weighted by molar-refractivity contribution is 0.135. The fourth-order valence-corrected chi connectivity index (χ4v) is 2.60. The first-order valence-corrected chi connectivity index (χ1v) is 7.95. The quantitative estimate of drug-likeness (QED) is 0.600. The lowest BCUT2D eigenvalue weighted by Crippen LogP contribution is -2.44. The maximum Gasteiger partial charge on any atom is 0.00967 e. The van der Waals surface area contributed by atoms with Crippen molar-refractivity contribution in [2.45, 2.75) is 66.3 Å². The minimum absolute atomic E-state index is 0.437. The van der Waals surface area contributed by atoms with Crippen molar-refractivity contribution in [2.75, 3.05) is 26.2 Å². The highest BCUT2D eigenvalue weighted by molar-refractivity contribution is 4.89. The maximum absolute atomic E-state index is 3.62. The highest BCUT2D eigenvalue weighted by atomic mass is 15.2. The van der Waals surface area contributed by atoms with E-state index in [2.05, 4.69) is 44.8 Å². The molecule has 1 fully saturated rings. The number of nitrogens with zero attached hydrogens (tertiary/aromatic N) is 1. The van der Waals surface area contributed by atoms with Crippen molar-refractivity contribution >= 4 is 0 Å². The molecule has 0 saturated heterocycles. The first-order valence-electron chi connectivity index (χ1n) is 7.95. The molecule has 0 aromatic carbocycles. The molecular weight excluding hydrogens is 220 g/mol. The van der Waals surface area contributed by atoms with Crippen LogP contribution < -0.4 is 5.32 Å². The van der Waals surface area contributed by atoms with E-state index in [9.17, 15) is 0 Å². The third-order valence-corrected chi connectivity index (χ3v) is 4.08. The third kappa shape index (κ3) is 5.71. The van der Waals surface area contributed by atoms with E-state index < -0.39 is 0 Å². The van der Waals surface area contributed by atoms with E-state index in [1.807, 2.05) is 0 Å². The van der Waals surface area contributed by atoms with Gasteiger partial charge >= 0.3 is 0 Å². The van der Waals surface area contributed by atoms with E-state index in [0.717, 1.165) is 18.5 Å². The van der Waals surface area contributed by atoms with Crippen molar-refractivity contribution < 1.29 is 0 Å². The van der Waals surface area contributed by atoms with E-state index in [4.69, 9.17) is 0 Å². The normalized spacial score (nSPS) is 19.5. The minimum atomic E-state index is 0.437. The van der Waals surface area contributed by atoms with Gasteiger partial charge in [-0.05, 0) is 43.6 Å². The van der Waals surface area contributed by atoms with Crippen molar-refractivity contribution in [1.29, 1.82) is 0 Å². The lowest BCUT2D eigenvalue weighted by Gasteiger charge is -2.36. The third-order valence-electron chi connectivity index (χ3n) is 4.08. The zero-order chi connectivity index (χ0) is 13.6. The lowest BCUT2D eigenvalue weighted by atomic mass is 9.86. The van der Waals surface area contributed by atoms with Gasteiger partial charge in [0.15, 0.2) is 0 Å². The van der Waals surface area contributed by atoms with E-state index in [-0.39, 0.29) is 0 Å². The number of hydrogen-bond donors (Lipinski definition) is 1. The second kappa shape index (κ2) is 7.49. The highest BCUT2D eigenvalue weighted by Gasteiger charge is 2.34. The van der Waals surface area contributed by atoms with Gasteiger partial charge in [0, 0.05) is 25.7 Å². The van der Waals surface area contributed by atoms with Crippen molar-refractivity contribution in [1.82, 2.24) is 10.2 Å². The van der Waals surface area contributed by atoms with Gasteiger partial charge in [-0.1, -0.05) is 34.6 Å². The topological polar surface area (TPSA) is 15.3 Å². The molecule has 0 bridgehead atoms. The summed E-state index contributed by atoms with van der Waals surface area (Å²) < 4.78 is 0. The average Bonchev–Trinajstić information content (AvgIpc) is 3.12. The van der Waals surface area contributed by atoms with Crippen LogP contribution in [0.3, 0.4) is 0 Å². The number of rotatable bonds is 10. The molecular formula is C16H34N2. The van der Waals surface area contributed by atoms with Crippen LogP contribution in [-0.2, 0) is 0 Å². The fourth-order valence-electron chi connectivity index (χ4n) is 2.60. The van der Waals surface area contributed by atoms with Gasteiger partial charge in [-0.2, -0.15) is 0 Å². The summed E-state index contributed by atoms with van der Waals surface area (Å²) in [6.07, 6.45) is 5.35. The van der Waals surface area contributed by atoms with Crippen LogP contribution in [0.5, 0.6) is 0 Å². The van der Waals surface area contributed by atoms with Crippen molar-refractivity contribution in [3.8, 4) is 0 Å². The fraction of sp³-hybridized carbons (Fsp3) is 1.00. The van der Waals surface area contributed by atoms with Gasteiger partial charge in [-0.3, -0.25) is 4.90 Å². The van der Waals surface area contributed by atoms with E-state index in [0.29, 0.717) is 5.41 Å². The number of hydrogen-bond acceptors (Lipinski definition) is 2. The zero-order valence-corrected chi connectivity index (χ0v) is 13.3. The Balaban J connectivity index is 2.46. The maximum atomic E-state index is 3.62. The van der Waals surface area contributed by atoms with Gasteiger partial charge in [0.25, 0.3) is 0 Å². The molecule has 108 valence electrons. The van der Waals surface area contributed by atoms with E-state index in [1.54, 1.807) is 0 Å². The Kier molecular flexibility index (Phi) is 6.65. The predicted molar refractivity (Wildman–Crippen MR) is 81.0 cm³/mol. The molecule has 0 aromatic rings. The molecule has 1 aliphatic carbocycles. The summed E-state index contributed by atoms with van der Waals surface area (Å²) in [5.41, 5.74) is 0.437. The van der Waals surface area contributed by atoms with Crippen LogP contribution in [0.25, 0.3) is 0 Å². The summed E-state index contributed by atoms with van der Waals surface area (Å²) in [5.74, 6) is 0.787. The second-order valence-electron chi connectivity index (χ2n) is 6.90. The van der Waals surface area contributed by atoms with Crippen LogP contribution >= 0.6 is 0 Å². The van der Waals surface area contributed by atoms with Gasteiger partial charge in [0.05, 0.1) is 0 Å². The Morgan fingerprint density at radius 3 is 2.39 bits per heavy atom. The molecule has 1 atom stereocenters. The summed E-state index contributed by atoms with van der Waals surface area (Å²) >= 11 is 0. The first-order chi connectivity index (χ1) is 8.50. The summed E-state index contributed by atoms with van der Waals surface area (Å²) in [6.45, 7) is 16.6. The molecule has 0 aromatic heterocycles. The smallest absolute Gasteiger partial charge is 0.00967 e. The average molecular weight is 254 g/mol. The van der Waals surface area contributed by atoms with E-state index in [1.165, 1.54) is 45.3 Å². The summed E-state index contributed by atoms with van der Waals surface area (Å²) in [6, 6.07) is 0.893. The standard InChI is InChI=1S/C16H34N2/c1-6-10-17-12-16(5,7-2)13-18(11-14(3)4)15-8-9-15/h14-15,17H,6-13H2,1-5H3. The summed E-state index contributed by atoms with van der Waals surface area (Å²) in [4.78, 5) is 2.75.